The number of hydrogen-bond donors (Lipinski definition) is 0. The Balaban J connectivity index is 1.98. The molecular formula is C23H23Br2N3O5. The van der Waals surface area contributed by atoms with Crippen molar-refractivity contribution in [3.63, 3.8) is 0 Å². The molecule has 0 radical (unpaired) electrons. The smallest absolute Gasteiger partial charge is 0.347 e. The van der Waals surface area contributed by atoms with E-state index in [0.717, 1.165) is 4.47 Å². The molecule has 0 fully saturated rings. The number of benzene rings is 2. The van der Waals surface area contributed by atoms with Gasteiger partial charge in [-0.2, -0.15) is 9.78 Å². The van der Waals surface area contributed by atoms with Crippen LogP contribution < -0.4 is 15.0 Å². The maximum atomic E-state index is 13.0. The number of halogens is 2. The highest BCUT2D eigenvalue weighted by atomic mass is 79.9. The van der Waals surface area contributed by atoms with Crippen molar-refractivity contribution in [2.24, 2.45) is 5.10 Å². The van der Waals surface area contributed by atoms with Crippen LogP contribution in [0.2, 0.25) is 0 Å². The number of aryl methyl sites for hydroxylation is 1. The van der Waals surface area contributed by atoms with Gasteiger partial charge in [-0.3, -0.25) is 4.79 Å². The summed E-state index contributed by atoms with van der Waals surface area (Å²) in [5.41, 5.74) is 0.971. The molecule has 8 nitrogen and oxygen atoms in total. The van der Waals surface area contributed by atoms with Crippen LogP contribution in [-0.2, 0) is 9.53 Å². The van der Waals surface area contributed by atoms with Gasteiger partial charge in [0.15, 0.2) is 17.6 Å². The van der Waals surface area contributed by atoms with Gasteiger partial charge >= 0.3 is 5.97 Å². The van der Waals surface area contributed by atoms with Gasteiger partial charge in [0.2, 0.25) is 0 Å². The summed E-state index contributed by atoms with van der Waals surface area (Å²) in [5.74, 6) is 0.803. The lowest BCUT2D eigenvalue weighted by Crippen LogP contribution is -2.26. The molecular weight excluding hydrogens is 558 g/mol. The lowest BCUT2D eigenvalue weighted by atomic mass is 10.2. The van der Waals surface area contributed by atoms with Crippen LogP contribution in [-0.4, -0.2) is 41.2 Å². The molecule has 0 aliphatic carbocycles. The Hall–Kier alpha value is -2.72. The first-order valence-corrected chi connectivity index (χ1v) is 11.9. The highest BCUT2D eigenvalue weighted by Crippen LogP contribution is 2.34. The fourth-order valence-electron chi connectivity index (χ4n) is 3.02. The minimum Gasteiger partial charge on any atom is -0.490 e. The standard InChI is InChI=1S/C23H23Br2N3O5/c1-5-31-20-9-15(18(25)11-21(20)33-13(3)23(30)32-6-2)12-26-28-14(4)27-19-8-7-16(24)10-17(19)22(28)29/h7-13H,5-6H2,1-4H3/t13-/m0/s1. The predicted octanol–water partition coefficient (Wildman–Crippen LogP) is 4.84. The van der Waals surface area contributed by atoms with E-state index < -0.39 is 12.1 Å². The van der Waals surface area contributed by atoms with Gasteiger partial charge in [-0.1, -0.05) is 15.9 Å². The highest BCUT2D eigenvalue weighted by molar-refractivity contribution is 9.10. The van der Waals surface area contributed by atoms with Crippen LogP contribution >= 0.6 is 31.9 Å². The third kappa shape index (κ3) is 5.80. The molecule has 1 atom stereocenters. The summed E-state index contributed by atoms with van der Waals surface area (Å²) in [6, 6.07) is 8.74. The molecule has 0 saturated carbocycles. The zero-order valence-electron chi connectivity index (χ0n) is 18.6. The number of hydrogen-bond acceptors (Lipinski definition) is 7. The van der Waals surface area contributed by atoms with Crippen LogP contribution in [0.1, 0.15) is 32.2 Å². The van der Waals surface area contributed by atoms with E-state index in [4.69, 9.17) is 14.2 Å². The van der Waals surface area contributed by atoms with Gasteiger partial charge in [-0.05, 0) is 74.0 Å². The van der Waals surface area contributed by atoms with Crippen molar-refractivity contribution in [3.8, 4) is 11.5 Å². The predicted molar refractivity (Wildman–Crippen MR) is 133 cm³/mol. The summed E-state index contributed by atoms with van der Waals surface area (Å²) < 4.78 is 19.1. The molecule has 0 bridgehead atoms. The monoisotopic (exact) mass is 579 g/mol. The number of nitrogens with zero attached hydrogens (tertiary/aromatic N) is 3. The van der Waals surface area contributed by atoms with Crippen LogP contribution in [0.3, 0.4) is 0 Å². The summed E-state index contributed by atoms with van der Waals surface area (Å²) in [6.45, 7) is 7.56. The molecule has 33 heavy (non-hydrogen) atoms. The first kappa shape index (κ1) is 24.9. The number of fused-ring (bicyclic) bond motifs is 1. The van der Waals surface area contributed by atoms with Crippen molar-refractivity contribution in [1.82, 2.24) is 9.66 Å². The van der Waals surface area contributed by atoms with Crippen LogP contribution in [0.5, 0.6) is 11.5 Å². The topological polar surface area (TPSA) is 92.0 Å². The average molecular weight is 581 g/mol. The van der Waals surface area contributed by atoms with Gasteiger partial charge in [0, 0.05) is 14.5 Å². The molecule has 0 saturated heterocycles. The van der Waals surface area contributed by atoms with E-state index >= 15 is 0 Å². The third-order valence-corrected chi connectivity index (χ3v) is 5.75. The maximum Gasteiger partial charge on any atom is 0.347 e. The summed E-state index contributed by atoms with van der Waals surface area (Å²) in [7, 11) is 0. The maximum absolute atomic E-state index is 13.0. The van der Waals surface area contributed by atoms with E-state index in [-0.39, 0.29) is 12.2 Å². The molecule has 0 aliphatic heterocycles. The second-order valence-electron chi connectivity index (χ2n) is 6.95. The van der Waals surface area contributed by atoms with Crippen molar-refractivity contribution in [3.05, 3.63) is 61.0 Å². The quantitative estimate of drug-likeness (QED) is 0.280. The normalized spacial score (nSPS) is 12.2. The first-order chi connectivity index (χ1) is 15.7. The van der Waals surface area contributed by atoms with Crippen LogP contribution in [0.15, 0.2) is 49.2 Å². The molecule has 1 aromatic heterocycles. The molecule has 0 unspecified atom stereocenters. The van der Waals surface area contributed by atoms with E-state index in [1.54, 1.807) is 45.0 Å². The van der Waals surface area contributed by atoms with E-state index in [2.05, 4.69) is 41.9 Å². The second kappa shape index (κ2) is 10.9. The van der Waals surface area contributed by atoms with Gasteiger partial charge in [0.05, 0.1) is 30.3 Å². The fraction of sp³-hybridized carbons (Fsp3) is 0.304. The Morgan fingerprint density at radius 2 is 1.94 bits per heavy atom. The summed E-state index contributed by atoms with van der Waals surface area (Å²) in [4.78, 5) is 29.4. The van der Waals surface area contributed by atoms with Gasteiger partial charge in [-0.15, -0.1) is 0 Å². The lowest BCUT2D eigenvalue weighted by molar-refractivity contribution is -0.150. The lowest BCUT2D eigenvalue weighted by Gasteiger charge is -2.17. The number of esters is 1. The zero-order valence-corrected chi connectivity index (χ0v) is 21.8. The molecule has 10 heteroatoms. The number of rotatable bonds is 8. The molecule has 3 rings (SSSR count). The van der Waals surface area contributed by atoms with Gasteiger partial charge < -0.3 is 14.2 Å². The molecule has 0 aliphatic rings. The SMILES string of the molecule is CCOC(=O)[C@H](C)Oc1cc(Br)c(C=Nn2c(C)nc3ccc(Br)cc3c2=O)cc1OCC. The highest BCUT2D eigenvalue weighted by Gasteiger charge is 2.19. The van der Waals surface area contributed by atoms with E-state index in [1.807, 2.05) is 13.0 Å². The average Bonchev–Trinajstić information content (AvgIpc) is 2.77. The molecule has 2 aromatic carbocycles. The van der Waals surface area contributed by atoms with Crippen molar-refractivity contribution in [2.45, 2.75) is 33.8 Å². The van der Waals surface area contributed by atoms with Crippen molar-refractivity contribution >= 4 is 54.9 Å². The number of aromatic nitrogens is 2. The zero-order chi connectivity index (χ0) is 24.1. The van der Waals surface area contributed by atoms with Crippen LogP contribution in [0.4, 0.5) is 0 Å². The Morgan fingerprint density at radius 1 is 1.18 bits per heavy atom. The Morgan fingerprint density at radius 3 is 2.64 bits per heavy atom. The Bertz CT molecular complexity index is 1270. The minimum absolute atomic E-state index is 0.267. The Labute approximate surface area is 207 Å². The van der Waals surface area contributed by atoms with E-state index in [9.17, 15) is 9.59 Å². The minimum atomic E-state index is -0.806. The van der Waals surface area contributed by atoms with Crippen LogP contribution in [0.25, 0.3) is 10.9 Å². The Kier molecular flexibility index (Phi) is 8.25. The van der Waals surface area contributed by atoms with E-state index in [0.29, 0.717) is 44.9 Å². The third-order valence-electron chi connectivity index (χ3n) is 4.57. The molecule has 0 spiro atoms. The molecule has 1 heterocycles. The number of ether oxygens (including phenoxy) is 3. The van der Waals surface area contributed by atoms with Gasteiger partial charge in [0.1, 0.15) is 5.82 Å². The second-order valence-corrected chi connectivity index (χ2v) is 8.72. The van der Waals surface area contributed by atoms with Gasteiger partial charge in [-0.25, -0.2) is 9.78 Å². The summed E-state index contributed by atoms with van der Waals surface area (Å²) >= 11 is 6.88. The summed E-state index contributed by atoms with van der Waals surface area (Å²) in [6.07, 6.45) is 0.727. The first-order valence-electron chi connectivity index (χ1n) is 10.3. The molecule has 174 valence electrons. The largest absolute Gasteiger partial charge is 0.490 e. The molecule has 3 aromatic rings. The summed E-state index contributed by atoms with van der Waals surface area (Å²) in [5, 5.41) is 4.82. The molecule has 0 amide bonds. The number of carbonyl (C=O) groups excluding carboxylic acids is 1. The van der Waals surface area contributed by atoms with E-state index in [1.165, 1.54) is 10.9 Å². The fourth-order valence-corrected chi connectivity index (χ4v) is 3.81. The van der Waals surface area contributed by atoms with Crippen molar-refractivity contribution in [2.75, 3.05) is 13.2 Å². The van der Waals surface area contributed by atoms with Gasteiger partial charge in [0.25, 0.3) is 5.56 Å². The van der Waals surface area contributed by atoms with Crippen molar-refractivity contribution in [1.29, 1.82) is 0 Å². The molecule has 0 N–H and O–H groups in total. The van der Waals surface area contributed by atoms with Crippen LogP contribution in [0, 0.1) is 6.92 Å². The number of carbonyl (C=O) groups is 1. The van der Waals surface area contributed by atoms with Crippen molar-refractivity contribution < 1.29 is 19.0 Å².